The molecular weight excluding hydrogens is 364 g/mol. The van der Waals surface area contributed by atoms with Gasteiger partial charge in [-0.15, -0.1) is 0 Å². The van der Waals surface area contributed by atoms with Gasteiger partial charge in [0.25, 0.3) is 0 Å². The molecule has 0 radical (unpaired) electrons. The Hall–Kier alpha value is -2.48. The van der Waals surface area contributed by atoms with Gasteiger partial charge in [-0.25, -0.2) is 18.1 Å². The summed E-state index contributed by atoms with van der Waals surface area (Å²) in [5.41, 5.74) is 2.93. The lowest BCUT2D eigenvalue weighted by Gasteiger charge is -2.23. The Morgan fingerprint density at radius 1 is 1.15 bits per heavy atom. The van der Waals surface area contributed by atoms with Crippen molar-refractivity contribution in [2.75, 3.05) is 11.5 Å². The molecular formula is C19H22N4O3S. The van der Waals surface area contributed by atoms with Gasteiger partial charge in [0.1, 0.15) is 21.4 Å². The smallest absolute Gasteiger partial charge is 0.181 e. The molecule has 0 amide bonds. The number of sulfone groups is 1. The van der Waals surface area contributed by atoms with Gasteiger partial charge in [-0.3, -0.25) is 0 Å². The third kappa shape index (κ3) is 3.95. The van der Waals surface area contributed by atoms with Gasteiger partial charge < -0.3 is 4.52 Å². The number of aromatic nitrogens is 4. The second kappa shape index (κ2) is 6.92. The molecule has 7 nitrogen and oxygen atoms in total. The standard InChI is InChI=1S/C19H22N4O3S/c1-13-3-5-15(6-4-13)19-20-18(12-17-11-14(2)22-26-17)23(21-19)16-7-9-27(24,25)10-8-16/h3-6,11,16H,7-10,12H2,1-2H3. The highest BCUT2D eigenvalue weighted by atomic mass is 32.2. The first-order valence-corrected chi connectivity index (χ1v) is 10.9. The van der Waals surface area contributed by atoms with Crippen LogP contribution in [0.2, 0.25) is 0 Å². The van der Waals surface area contributed by atoms with Crippen molar-refractivity contribution in [3.8, 4) is 11.4 Å². The Labute approximate surface area is 158 Å². The molecule has 0 atom stereocenters. The maximum atomic E-state index is 11.8. The maximum absolute atomic E-state index is 11.8. The zero-order valence-electron chi connectivity index (χ0n) is 15.4. The van der Waals surface area contributed by atoms with Gasteiger partial charge in [0.15, 0.2) is 5.82 Å². The Morgan fingerprint density at radius 2 is 1.85 bits per heavy atom. The number of hydrogen-bond donors (Lipinski definition) is 0. The van der Waals surface area contributed by atoms with Gasteiger partial charge in [0, 0.05) is 11.6 Å². The van der Waals surface area contributed by atoms with Crippen LogP contribution in [0.4, 0.5) is 0 Å². The fraction of sp³-hybridized carbons (Fsp3) is 0.421. The van der Waals surface area contributed by atoms with Crippen LogP contribution in [0.25, 0.3) is 11.4 Å². The quantitative estimate of drug-likeness (QED) is 0.685. The van der Waals surface area contributed by atoms with E-state index in [9.17, 15) is 8.42 Å². The Balaban J connectivity index is 1.69. The summed E-state index contributed by atoms with van der Waals surface area (Å²) in [5.74, 6) is 2.52. The first-order valence-electron chi connectivity index (χ1n) is 9.05. The normalized spacial score (nSPS) is 17.3. The summed E-state index contributed by atoms with van der Waals surface area (Å²) < 4.78 is 30.8. The summed E-state index contributed by atoms with van der Waals surface area (Å²) in [5, 5.41) is 8.67. The molecule has 4 rings (SSSR count). The molecule has 0 N–H and O–H groups in total. The molecule has 0 saturated carbocycles. The predicted molar refractivity (Wildman–Crippen MR) is 101 cm³/mol. The summed E-state index contributed by atoms with van der Waals surface area (Å²) in [6.45, 7) is 3.91. The van der Waals surface area contributed by atoms with Crippen LogP contribution in [0, 0.1) is 13.8 Å². The molecule has 27 heavy (non-hydrogen) atoms. The molecule has 2 aromatic heterocycles. The van der Waals surface area contributed by atoms with Gasteiger partial charge in [-0.1, -0.05) is 35.0 Å². The largest absolute Gasteiger partial charge is 0.361 e. The molecule has 1 saturated heterocycles. The van der Waals surface area contributed by atoms with Crippen molar-refractivity contribution in [3.05, 3.63) is 53.2 Å². The molecule has 0 bridgehead atoms. The summed E-state index contributed by atoms with van der Waals surface area (Å²) in [4.78, 5) is 4.74. The van der Waals surface area contributed by atoms with Gasteiger partial charge in [-0.05, 0) is 26.7 Å². The van der Waals surface area contributed by atoms with E-state index in [0.717, 1.165) is 22.8 Å². The fourth-order valence-electron chi connectivity index (χ4n) is 3.37. The lowest BCUT2D eigenvalue weighted by Crippen LogP contribution is -2.27. The van der Waals surface area contributed by atoms with E-state index < -0.39 is 9.84 Å². The van der Waals surface area contributed by atoms with Crippen molar-refractivity contribution >= 4 is 9.84 Å². The van der Waals surface area contributed by atoms with Crippen molar-refractivity contribution in [1.29, 1.82) is 0 Å². The molecule has 8 heteroatoms. The van der Waals surface area contributed by atoms with Crippen LogP contribution in [0.3, 0.4) is 0 Å². The predicted octanol–water partition coefficient (Wildman–Crippen LogP) is 2.89. The third-order valence-corrected chi connectivity index (χ3v) is 6.61. The van der Waals surface area contributed by atoms with Crippen molar-refractivity contribution < 1.29 is 12.9 Å². The van der Waals surface area contributed by atoms with Crippen LogP contribution < -0.4 is 0 Å². The lowest BCUT2D eigenvalue weighted by molar-refractivity contribution is 0.370. The van der Waals surface area contributed by atoms with Crippen LogP contribution in [-0.4, -0.2) is 39.8 Å². The first-order chi connectivity index (χ1) is 12.9. The van der Waals surface area contributed by atoms with E-state index in [-0.39, 0.29) is 17.5 Å². The summed E-state index contributed by atoms with van der Waals surface area (Å²) in [6, 6.07) is 9.98. The molecule has 1 aromatic carbocycles. The van der Waals surface area contributed by atoms with Gasteiger partial charge in [0.05, 0.1) is 29.7 Å². The fourth-order valence-corrected chi connectivity index (χ4v) is 4.84. The number of aryl methyl sites for hydroxylation is 2. The van der Waals surface area contributed by atoms with Crippen molar-refractivity contribution in [1.82, 2.24) is 19.9 Å². The van der Waals surface area contributed by atoms with Crippen molar-refractivity contribution in [2.45, 2.75) is 39.2 Å². The van der Waals surface area contributed by atoms with Crippen LogP contribution in [0.5, 0.6) is 0 Å². The minimum Gasteiger partial charge on any atom is -0.361 e. The lowest BCUT2D eigenvalue weighted by atomic mass is 10.1. The summed E-state index contributed by atoms with van der Waals surface area (Å²) in [7, 11) is -2.93. The molecule has 0 aliphatic carbocycles. The van der Waals surface area contributed by atoms with Gasteiger partial charge in [0.2, 0.25) is 0 Å². The number of rotatable bonds is 4. The van der Waals surface area contributed by atoms with Crippen LogP contribution >= 0.6 is 0 Å². The molecule has 142 valence electrons. The van der Waals surface area contributed by atoms with E-state index >= 15 is 0 Å². The van der Waals surface area contributed by atoms with E-state index in [1.165, 1.54) is 5.56 Å². The van der Waals surface area contributed by atoms with Crippen LogP contribution in [0.1, 0.15) is 41.7 Å². The zero-order valence-corrected chi connectivity index (χ0v) is 16.2. The highest BCUT2D eigenvalue weighted by Gasteiger charge is 2.28. The van der Waals surface area contributed by atoms with Crippen molar-refractivity contribution in [3.63, 3.8) is 0 Å². The molecule has 0 unspecified atom stereocenters. The van der Waals surface area contributed by atoms with Crippen molar-refractivity contribution in [2.24, 2.45) is 0 Å². The highest BCUT2D eigenvalue weighted by molar-refractivity contribution is 7.91. The molecule has 1 aliphatic rings. The molecule has 3 aromatic rings. The average Bonchev–Trinajstić information content (AvgIpc) is 3.22. The maximum Gasteiger partial charge on any atom is 0.181 e. The molecule has 0 spiro atoms. The molecule has 3 heterocycles. The Kier molecular flexibility index (Phi) is 4.59. The third-order valence-electron chi connectivity index (χ3n) is 4.89. The van der Waals surface area contributed by atoms with Crippen LogP contribution in [0.15, 0.2) is 34.9 Å². The SMILES string of the molecule is Cc1ccc(-c2nc(Cc3cc(C)no3)n(C3CCS(=O)(=O)CC3)n2)cc1. The van der Waals surface area contributed by atoms with E-state index in [1.807, 2.05) is 48.9 Å². The minimum absolute atomic E-state index is 0.0271. The van der Waals surface area contributed by atoms with Gasteiger partial charge in [-0.2, -0.15) is 5.10 Å². The highest BCUT2D eigenvalue weighted by Crippen LogP contribution is 2.27. The Morgan fingerprint density at radius 3 is 2.48 bits per heavy atom. The first kappa shape index (κ1) is 17.9. The van der Waals surface area contributed by atoms with E-state index in [2.05, 4.69) is 5.16 Å². The number of hydrogen-bond acceptors (Lipinski definition) is 6. The van der Waals surface area contributed by atoms with E-state index in [1.54, 1.807) is 0 Å². The zero-order chi connectivity index (χ0) is 19.0. The number of benzene rings is 1. The molecule has 1 aliphatic heterocycles. The van der Waals surface area contributed by atoms with Crippen LogP contribution in [-0.2, 0) is 16.3 Å². The average molecular weight is 386 g/mol. The minimum atomic E-state index is -2.93. The monoisotopic (exact) mass is 386 g/mol. The topological polar surface area (TPSA) is 90.9 Å². The van der Waals surface area contributed by atoms with E-state index in [0.29, 0.717) is 25.1 Å². The van der Waals surface area contributed by atoms with E-state index in [4.69, 9.17) is 14.6 Å². The summed E-state index contributed by atoms with van der Waals surface area (Å²) >= 11 is 0. The summed E-state index contributed by atoms with van der Waals surface area (Å²) in [6.07, 6.45) is 1.59. The Bertz CT molecular complexity index is 1040. The molecule has 1 fully saturated rings. The second-order valence-electron chi connectivity index (χ2n) is 7.16. The number of nitrogens with zero attached hydrogens (tertiary/aromatic N) is 4. The second-order valence-corrected chi connectivity index (χ2v) is 9.46. The van der Waals surface area contributed by atoms with Gasteiger partial charge >= 0.3 is 0 Å².